The summed E-state index contributed by atoms with van der Waals surface area (Å²) < 4.78 is 5.98. The Hall–Kier alpha value is -1.25. The first-order chi connectivity index (χ1) is 8.56. The maximum absolute atomic E-state index is 5.98. The molecule has 2 rings (SSSR count). The van der Waals surface area contributed by atoms with Crippen molar-refractivity contribution in [3.8, 4) is 5.75 Å². The van der Waals surface area contributed by atoms with Crippen molar-refractivity contribution in [2.45, 2.75) is 52.6 Å². The van der Waals surface area contributed by atoms with E-state index in [1.165, 1.54) is 12.8 Å². The summed E-state index contributed by atoms with van der Waals surface area (Å²) in [5, 5.41) is 0. The number of hydrogen-bond donors (Lipinski definition) is 1. The van der Waals surface area contributed by atoms with E-state index in [0.29, 0.717) is 11.8 Å². The third-order valence-electron chi connectivity index (χ3n) is 4.07. The molecule has 1 aliphatic carbocycles. The van der Waals surface area contributed by atoms with Crippen LogP contribution in [-0.2, 0) is 0 Å². The molecule has 1 heterocycles. The van der Waals surface area contributed by atoms with Crippen LogP contribution in [-0.4, -0.2) is 11.1 Å². The topological polar surface area (TPSA) is 48.1 Å². The molecule has 1 fully saturated rings. The summed E-state index contributed by atoms with van der Waals surface area (Å²) in [4.78, 5) is 4.24. The van der Waals surface area contributed by atoms with Crippen molar-refractivity contribution >= 4 is 5.69 Å². The quantitative estimate of drug-likeness (QED) is 0.889. The van der Waals surface area contributed by atoms with Crippen LogP contribution in [0.3, 0.4) is 0 Å². The maximum Gasteiger partial charge on any atom is 0.140 e. The van der Waals surface area contributed by atoms with Gasteiger partial charge in [0, 0.05) is 6.07 Å². The molecular weight excluding hydrogens is 224 g/mol. The lowest BCUT2D eigenvalue weighted by molar-refractivity contribution is 0.116. The molecule has 0 atom stereocenters. The molecule has 0 aliphatic heterocycles. The maximum atomic E-state index is 5.98. The molecule has 100 valence electrons. The zero-order valence-electron chi connectivity index (χ0n) is 11.6. The van der Waals surface area contributed by atoms with Gasteiger partial charge in [-0.2, -0.15) is 0 Å². The standard InChI is InChI=1S/C15H24N2O/c1-10(2)12-4-6-13(7-5-12)18-14-8-15(16)11(3)17-9-14/h8-10,12-13H,4-7,16H2,1-3H3/t12-,13+. The van der Waals surface area contributed by atoms with Gasteiger partial charge in [-0.25, -0.2) is 0 Å². The molecule has 18 heavy (non-hydrogen) atoms. The molecular formula is C15H24N2O. The van der Waals surface area contributed by atoms with E-state index in [4.69, 9.17) is 10.5 Å². The van der Waals surface area contributed by atoms with E-state index < -0.39 is 0 Å². The van der Waals surface area contributed by atoms with Crippen LogP contribution in [0.2, 0.25) is 0 Å². The number of nitrogen functional groups attached to an aromatic ring is 1. The van der Waals surface area contributed by atoms with Gasteiger partial charge in [0.05, 0.1) is 23.7 Å². The van der Waals surface area contributed by atoms with Crippen LogP contribution in [0.5, 0.6) is 5.75 Å². The SMILES string of the molecule is Cc1ncc(O[C@H]2CC[C@@H](C(C)C)CC2)cc1N. The minimum Gasteiger partial charge on any atom is -0.489 e. The highest BCUT2D eigenvalue weighted by atomic mass is 16.5. The minimum atomic E-state index is 0.337. The van der Waals surface area contributed by atoms with Crippen molar-refractivity contribution in [2.24, 2.45) is 11.8 Å². The van der Waals surface area contributed by atoms with Gasteiger partial charge in [-0.3, -0.25) is 4.98 Å². The van der Waals surface area contributed by atoms with Gasteiger partial charge in [-0.15, -0.1) is 0 Å². The molecule has 0 bridgehead atoms. The van der Waals surface area contributed by atoms with Crippen LogP contribution in [0.1, 0.15) is 45.2 Å². The van der Waals surface area contributed by atoms with Gasteiger partial charge >= 0.3 is 0 Å². The fourth-order valence-corrected chi connectivity index (χ4v) is 2.66. The first kappa shape index (κ1) is 13.2. The van der Waals surface area contributed by atoms with E-state index in [1.54, 1.807) is 6.20 Å². The molecule has 1 saturated carbocycles. The van der Waals surface area contributed by atoms with Gasteiger partial charge in [0.1, 0.15) is 5.75 Å². The Morgan fingerprint density at radius 1 is 1.28 bits per heavy atom. The number of hydrogen-bond acceptors (Lipinski definition) is 3. The van der Waals surface area contributed by atoms with E-state index in [1.807, 2.05) is 13.0 Å². The monoisotopic (exact) mass is 248 g/mol. The first-order valence-corrected chi connectivity index (χ1v) is 6.95. The van der Waals surface area contributed by atoms with Crippen molar-refractivity contribution in [2.75, 3.05) is 5.73 Å². The van der Waals surface area contributed by atoms with Crippen LogP contribution in [0.4, 0.5) is 5.69 Å². The van der Waals surface area contributed by atoms with Crippen LogP contribution in [0, 0.1) is 18.8 Å². The lowest BCUT2D eigenvalue weighted by atomic mass is 9.80. The Morgan fingerprint density at radius 2 is 1.94 bits per heavy atom. The summed E-state index contributed by atoms with van der Waals surface area (Å²) in [6.07, 6.45) is 6.96. The number of nitrogens with zero attached hydrogens (tertiary/aromatic N) is 1. The molecule has 0 amide bonds. The molecule has 0 radical (unpaired) electrons. The van der Waals surface area contributed by atoms with Crippen LogP contribution >= 0.6 is 0 Å². The second-order valence-electron chi connectivity index (χ2n) is 5.74. The number of aromatic nitrogens is 1. The van der Waals surface area contributed by atoms with E-state index in [-0.39, 0.29) is 0 Å². The molecule has 1 aliphatic rings. The number of aryl methyl sites for hydroxylation is 1. The second-order valence-corrected chi connectivity index (χ2v) is 5.74. The Kier molecular flexibility index (Phi) is 4.10. The molecule has 3 nitrogen and oxygen atoms in total. The summed E-state index contributed by atoms with van der Waals surface area (Å²) in [5.41, 5.74) is 7.42. The highest BCUT2D eigenvalue weighted by molar-refractivity contribution is 5.46. The normalized spacial score (nSPS) is 24.2. The van der Waals surface area contributed by atoms with E-state index in [0.717, 1.165) is 36.1 Å². The lowest BCUT2D eigenvalue weighted by Crippen LogP contribution is -2.26. The fraction of sp³-hybridized carbons (Fsp3) is 0.667. The number of rotatable bonds is 3. The summed E-state index contributed by atoms with van der Waals surface area (Å²) >= 11 is 0. The molecule has 0 unspecified atom stereocenters. The Labute approximate surface area is 110 Å². The summed E-state index contributed by atoms with van der Waals surface area (Å²) in [6, 6.07) is 1.89. The largest absolute Gasteiger partial charge is 0.489 e. The van der Waals surface area contributed by atoms with Crippen molar-refractivity contribution in [1.29, 1.82) is 0 Å². The van der Waals surface area contributed by atoms with Crippen molar-refractivity contribution in [3.05, 3.63) is 18.0 Å². The fourth-order valence-electron chi connectivity index (χ4n) is 2.66. The van der Waals surface area contributed by atoms with E-state index >= 15 is 0 Å². The number of pyridine rings is 1. The average Bonchev–Trinajstić information content (AvgIpc) is 2.34. The highest BCUT2D eigenvalue weighted by Gasteiger charge is 2.24. The van der Waals surface area contributed by atoms with Crippen molar-refractivity contribution in [1.82, 2.24) is 4.98 Å². The molecule has 0 spiro atoms. The molecule has 3 heteroatoms. The van der Waals surface area contributed by atoms with Gasteiger partial charge in [-0.1, -0.05) is 13.8 Å². The smallest absolute Gasteiger partial charge is 0.140 e. The van der Waals surface area contributed by atoms with Crippen molar-refractivity contribution < 1.29 is 4.74 Å². The predicted octanol–water partition coefficient (Wildman–Crippen LogP) is 3.57. The van der Waals surface area contributed by atoms with Crippen molar-refractivity contribution in [3.63, 3.8) is 0 Å². The summed E-state index contributed by atoms with van der Waals surface area (Å²) in [7, 11) is 0. The van der Waals surface area contributed by atoms with Gasteiger partial charge in [0.15, 0.2) is 0 Å². The Morgan fingerprint density at radius 3 is 2.50 bits per heavy atom. The molecule has 0 saturated heterocycles. The van der Waals surface area contributed by atoms with Gasteiger partial charge in [-0.05, 0) is 44.4 Å². The molecule has 0 aromatic carbocycles. The number of anilines is 1. The molecule has 1 aromatic rings. The van der Waals surface area contributed by atoms with Gasteiger partial charge in [0.25, 0.3) is 0 Å². The van der Waals surface area contributed by atoms with Gasteiger partial charge in [0.2, 0.25) is 0 Å². The van der Waals surface area contributed by atoms with Crippen LogP contribution < -0.4 is 10.5 Å². The summed E-state index contributed by atoms with van der Waals surface area (Å²) in [6.45, 7) is 6.54. The lowest BCUT2D eigenvalue weighted by Gasteiger charge is -2.31. The zero-order valence-corrected chi connectivity index (χ0v) is 11.6. The summed E-state index contributed by atoms with van der Waals surface area (Å²) in [5.74, 6) is 2.47. The second kappa shape index (κ2) is 5.59. The Bertz CT molecular complexity index is 395. The first-order valence-electron chi connectivity index (χ1n) is 6.95. The van der Waals surface area contributed by atoms with E-state index in [9.17, 15) is 0 Å². The number of nitrogens with two attached hydrogens (primary N) is 1. The molecule has 2 N–H and O–H groups in total. The minimum absolute atomic E-state index is 0.337. The Balaban J connectivity index is 1.89. The van der Waals surface area contributed by atoms with Crippen LogP contribution in [0.25, 0.3) is 0 Å². The average molecular weight is 248 g/mol. The highest BCUT2D eigenvalue weighted by Crippen LogP contribution is 2.32. The predicted molar refractivity (Wildman–Crippen MR) is 74.6 cm³/mol. The third-order valence-corrected chi connectivity index (χ3v) is 4.07. The zero-order chi connectivity index (χ0) is 13.1. The number of ether oxygens (including phenoxy) is 1. The molecule has 1 aromatic heterocycles. The van der Waals surface area contributed by atoms with Crippen LogP contribution in [0.15, 0.2) is 12.3 Å². The third kappa shape index (κ3) is 3.15. The van der Waals surface area contributed by atoms with Gasteiger partial charge < -0.3 is 10.5 Å². The van der Waals surface area contributed by atoms with E-state index in [2.05, 4.69) is 18.8 Å².